The summed E-state index contributed by atoms with van der Waals surface area (Å²) < 4.78 is 29.7. The van der Waals surface area contributed by atoms with Gasteiger partial charge in [-0.25, -0.2) is 4.79 Å². The van der Waals surface area contributed by atoms with E-state index >= 15 is 0 Å². The first kappa shape index (κ1) is 12.9. The van der Waals surface area contributed by atoms with E-state index in [-0.39, 0.29) is 6.61 Å². The number of fused-ring (bicyclic) bond motifs is 1. The molecule has 1 unspecified atom stereocenters. The number of nitrogens with one attached hydrogen (secondary N) is 1. The molecular weight excluding hydrogens is 278 g/mol. The normalized spacial score (nSPS) is 34.2. The molecule has 19 heavy (non-hydrogen) atoms. The van der Waals surface area contributed by atoms with Gasteiger partial charge in [0, 0.05) is 18.2 Å². The molecule has 2 aliphatic rings. The minimum Gasteiger partial charge on any atom is -0.349 e. The van der Waals surface area contributed by atoms with Crippen molar-refractivity contribution < 1.29 is 18.0 Å². The summed E-state index contributed by atoms with van der Waals surface area (Å²) in [5.41, 5.74) is -0.575. The van der Waals surface area contributed by atoms with Crippen LogP contribution in [0.3, 0.4) is 0 Å². The van der Waals surface area contributed by atoms with Crippen LogP contribution in [-0.2, 0) is 13.8 Å². The lowest BCUT2D eigenvalue weighted by Gasteiger charge is -2.25. The van der Waals surface area contributed by atoms with Gasteiger partial charge in [-0.15, -0.1) is 0 Å². The van der Waals surface area contributed by atoms with Gasteiger partial charge in [0.05, 0.1) is 12.7 Å². The van der Waals surface area contributed by atoms with Crippen molar-refractivity contribution in [3.63, 3.8) is 0 Å². The highest BCUT2D eigenvalue weighted by atomic mass is 31.2. The van der Waals surface area contributed by atoms with Crippen LogP contribution < -0.4 is 11.2 Å². The maximum absolute atomic E-state index is 13.0. The Kier molecular flexibility index (Phi) is 3.26. The number of aromatic nitrogens is 2. The van der Waals surface area contributed by atoms with Crippen LogP contribution in [0.15, 0.2) is 15.8 Å². The summed E-state index contributed by atoms with van der Waals surface area (Å²) in [4.78, 5) is 25.2. The fourth-order valence-electron chi connectivity index (χ4n) is 2.20. The van der Waals surface area contributed by atoms with Crippen molar-refractivity contribution >= 4 is 8.69 Å². The molecule has 0 aromatic carbocycles. The second-order valence-corrected chi connectivity index (χ2v) is 5.39. The average molecular weight is 290 g/mol. The summed E-state index contributed by atoms with van der Waals surface area (Å²) in [7, 11) is -2.36. The maximum Gasteiger partial charge on any atom is 0.375 e. The Balaban J connectivity index is 1.87. The fourth-order valence-corrected chi connectivity index (χ4v) is 2.96. The van der Waals surface area contributed by atoms with E-state index in [0.717, 1.165) is 0 Å². The van der Waals surface area contributed by atoms with Crippen LogP contribution in [0.1, 0.15) is 18.2 Å². The van der Waals surface area contributed by atoms with Crippen LogP contribution in [-0.4, -0.2) is 28.4 Å². The Morgan fingerprint density at radius 2 is 2.26 bits per heavy atom. The number of H-pyrrole nitrogens is 1. The highest BCUT2D eigenvalue weighted by Crippen LogP contribution is 2.49. The molecule has 0 aliphatic carbocycles. The molecule has 1 N–H and O–H groups in total. The standard InChI is InChI=1S/C10H12FN2O5P/c1-5-3-13(10(15)12-9(5)14)8-2-6-7(17-8)4-16-19(11)18-6/h3,6-8H,2,4H2,1H3,(H,12,14,15)/t6-,7+,8+,19?/m0/s1. The van der Waals surface area contributed by atoms with Crippen molar-refractivity contribution in [2.45, 2.75) is 31.8 Å². The first-order valence-corrected chi connectivity index (χ1v) is 6.84. The van der Waals surface area contributed by atoms with Crippen molar-refractivity contribution in [1.82, 2.24) is 9.55 Å². The summed E-state index contributed by atoms with van der Waals surface area (Å²) >= 11 is 0. The zero-order valence-electron chi connectivity index (χ0n) is 10.0. The monoisotopic (exact) mass is 290 g/mol. The first-order chi connectivity index (χ1) is 9.04. The van der Waals surface area contributed by atoms with E-state index in [0.29, 0.717) is 12.0 Å². The van der Waals surface area contributed by atoms with E-state index in [1.807, 2.05) is 0 Å². The number of aromatic amines is 1. The molecule has 3 heterocycles. The highest BCUT2D eigenvalue weighted by molar-refractivity contribution is 7.41. The van der Waals surface area contributed by atoms with Crippen LogP contribution in [0, 0.1) is 6.92 Å². The smallest absolute Gasteiger partial charge is 0.349 e. The van der Waals surface area contributed by atoms with E-state index in [1.54, 1.807) is 6.92 Å². The summed E-state index contributed by atoms with van der Waals surface area (Å²) in [5, 5.41) is 0. The molecule has 1 aromatic rings. The van der Waals surface area contributed by atoms with Crippen LogP contribution in [0.25, 0.3) is 0 Å². The molecule has 2 aliphatic heterocycles. The molecule has 7 nitrogen and oxygen atoms in total. The second kappa shape index (κ2) is 4.79. The van der Waals surface area contributed by atoms with Crippen molar-refractivity contribution in [1.29, 1.82) is 0 Å². The van der Waals surface area contributed by atoms with Crippen LogP contribution in [0.5, 0.6) is 0 Å². The Hall–Kier alpha value is -1.08. The minimum atomic E-state index is -2.36. The van der Waals surface area contributed by atoms with E-state index in [2.05, 4.69) is 4.98 Å². The lowest BCUT2D eigenvalue weighted by atomic mass is 10.2. The molecule has 0 saturated carbocycles. The third-order valence-electron chi connectivity index (χ3n) is 3.20. The summed E-state index contributed by atoms with van der Waals surface area (Å²) in [5.74, 6) is 0. The van der Waals surface area contributed by atoms with Crippen LogP contribution >= 0.6 is 8.69 Å². The molecule has 0 radical (unpaired) electrons. The Bertz CT molecular complexity index is 602. The van der Waals surface area contributed by atoms with Gasteiger partial charge in [0.2, 0.25) is 0 Å². The molecule has 0 bridgehead atoms. The number of rotatable bonds is 1. The van der Waals surface area contributed by atoms with Gasteiger partial charge in [0.1, 0.15) is 12.3 Å². The maximum atomic E-state index is 13.0. The third kappa shape index (κ3) is 2.36. The SMILES string of the molecule is Cc1cn([C@H]2C[C@@H]3OP(F)OC[C@H]3O2)c(=O)[nH]c1=O. The molecule has 0 spiro atoms. The quantitative estimate of drug-likeness (QED) is 0.771. The van der Waals surface area contributed by atoms with Crippen LogP contribution in [0.2, 0.25) is 0 Å². The van der Waals surface area contributed by atoms with Gasteiger partial charge in [-0.2, -0.15) is 4.20 Å². The molecule has 2 saturated heterocycles. The molecule has 4 atom stereocenters. The molecule has 104 valence electrons. The predicted molar refractivity (Wildman–Crippen MR) is 63.4 cm³/mol. The van der Waals surface area contributed by atoms with E-state index in [9.17, 15) is 13.8 Å². The van der Waals surface area contributed by atoms with Crippen LogP contribution in [0.4, 0.5) is 4.20 Å². The molecule has 3 rings (SSSR count). The molecular formula is C10H12FN2O5P. The van der Waals surface area contributed by atoms with E-state index in [4.69, 9.17) is 13.8 Å². The molecule has 9 heteroatoms. The topological polar surface area (TPSA) is 82.6 Å². The lowest BCUT2D eigenvalue weighted by Crippen LogP contribution is -2.33. The molecule has 1 aromatic heterocycles. The Morgan fingerprint density at radius 3 is 3.05 bits per heavy atom. The molecule has 0 amide bonds. The van der Waals surface area contributed by atoms with Gasteiger partial charge in [-0.3, -0.25) is 14.3 Å². The van der Waals surface area contributed by atoms with Crippen molar-refractivity contribution in [2.75, 3.05) is 6.61 Å². The Morgan fingerprint density at radius 1 is 1.47 bits per heavy atom. The number of halogens is 1. The summed E-state index contributed by atoms with van der Waals surface area (Å²) in [6, 6.07) is 0. The zero-order valence-corrected chi connectivity index (χ0v) is 10.9. The largest absolute Gasteiger partial charge is 0.375 e. The van der Waals surface area contributed by atoms with Crippen molar-refractivity contribution in [2.24, 2.45) is 0 Å². The first-order valence-electron chi connectivity index (χ1n) is 5.77. The van der Waals surface area contributed by atoms with Crippen molar-refractivity contribution in [3.05, 3.63) is 32.6 Å². The van der Waals surface area contributed by atoms with Gasteiger partial charge in [-0.1, -0.05) is 0 Å². The van der Waals surface area contributed by atoms with E-state index in [1.165, 1.54) is 10.8 Å². The number of nitrogens with zero attached hydrogens (tertiary/aromatic N) is 1. The Labute approximate surface area is 108 Å². The summed E-state index contributed by atoms with van der Waals surface area (Å²) in [6.45, 7) is 1.71. The minimum absolute atomic E-state index is 0.112. The number of hydrogen-bond donors (Lipinski definition) is 1. The number of hydrogen-bond acceptors (Lipinski definition) is 5. The van der Waals surface area contributed by atoms with Gasteiger partial charge < -0.3 is 13.8 Å². The van der Waals surface area contributed by atoms with Gasteiger partial charge in [-0.05, 0) is 6.92 Å². The van der Waals surface area contributed by atoms with E-state index < -0.39 is 38.4 Å². The third-order valence-corrected chi connectivity index (χ3v) is 3.98. The number of aryl methyl sites for hydroxylation is 1. The van der Waals surface area contributed by atoms with Gasteiger partial charge >= 0.3 is 14.4 Å². The van der Waals surface area contributed by atoms with Gasteiger partial charge in [0.15, 0.2) is 0 Å². The number of ether oxygens (including phenoxy) is 1. The van der Waals surface area contributed by atoms with Gasteiger partial charge in [0.25, 0.3) is 5.56 Å². The van der Waals surface area contributed by atoms with Crippen molar-refractivity contribution in [3.8, 4) is 0 Å². The summed E-state index contributed by atoms with van der Waals surface area (Å²) in [6.07, 6.45) is 0.389. The second-order valence-electron chi connectivity index (χ2n) is 4.50. The average Bonchev–Trinajstić information content (AvgIpc) is 2.76. The highest BCUT2D eigenvalue weighted by Gasteiger charge is 2.43. The molecule has 2 fully saturated rings. The predicted octanol–water partition coefficient (Wildman–Crippen LogP) is 0.744. The lowest BCUT2D eigenvalue weighted by molar-refractivity contribution is -0.0563. The fraction of sp³-hybridized carbons (Fsp3) is 0.600. The zero-order chi connectivity index (χ0) is 13.6.